The predicted molar refractivity (Wildman–Crippen MR) is 55.8 cm³/mol. The molecule has 0 atom stereocenters. The monoisotopic (exact) mass is 225 g/mol. The van der Waals surface area contributed by atoms with Gasteiger partial charge in [-0.2, -0.15) is 0 Å². The van der Waals surface area contributed by atoms with E-state index in [0.29, 0.717) is 12.8 Å². The summed E-state index contributed by atoms with van der Waals surface area (Å²) in [5.74, 6) is -1.49. The molecule has 2 N–H and O–H groups in total. The highest BCUT2D eigenvalue weighted by atomic mass is 19.1. The molecule has 1 aromatic carbocycles. The first-order valence-electron chi connectivity index (χ1n) is 5.27. The Morgan fingerprint density at radius 3 is 2.56 bits per heavy atom. The molecule has 0 aromatic heterocycles. The second-order valence-corrected chi connectivity index (χ2v) is 4.35. The van der Waals surface area contributed by atoms with Gasteiger partial charge >= 0.3 is 0 Å². The van der Waals surface area contributed by atoms with Crippen molar-refractivity contribution in [2.45, 2.75) is 31.2 Å². The summed E-state index contributed by atoms with van der Waals surface area (Å²) in [6.45, 7) is 0. The Bertz CT molecular complexity index is 427. The van der Waals surface area contributed by atoms with Crippen molar-refractivity contribution in [3.8, 4) is 0 Å². The fraction of sp³-hybridized carbons (Fsp3) is 0.417. The van der Waals surface area contributed by atoms with Crippen molar-refractivity contribution in [1.82, 2.24) is 0 Å². The maximum absolute atomic E-state index is 13.3. The Kier molecular flexibility index (Phi) is 2.76. The summed E-state index contributed by atoms with van der Waals surface area (Å²) >= 11 is 0. The molecule has 0 unspecified atom stereocenters. The first-order chi connectivity index (χ1) is 7.51. The summed E-state index contributed by atoms with van der Waals surface area (Å²) in [5, 5.41) is 0. The average molecular weight is 225 g/mol. The number of benzene rings is 1. The largest absolute Gasteiger partial charge is 0.319 e. The Hall–Kier alpha value is -1.29. The van der Waals surface area contributed by atoms with Crippen molar-refractivity contribution < 1.29 is 13.6 Å². The van der Waals surface area contributed by atoms with Crippen LogP contribution in [0, 0.1) is 11.6 Å². The third-order valence-corrected chi connectivity index (χ3v) is 3.17. The van der Waals surface area contributed by atoms with Crippen molar-refractivity contribution in [3.05, 3.63) is 35.4 Å². The van der Waals surface area contributed by atoms with Crippen LogP contribution in [-0.2, 0) is 11.2 Å². The first-order valence-corrected chi connectivity index (χ1v) is 5.27. The summed E-state index contributed by atoms with van der Waals surface area (Å²) in [5.41, 5.74) is 5.26. The predicted octanol–water partition coefficient (Wildman–Crippen LogP) is 1.96. The van der Waals surface area contributed by atoms with Crippen LogP contribution in [-0.4, -0.2) is 11.3 Å². The lowest BCUT2D eigenvalue weighted by molar-refractivity contribution is -0.126. The van der Waals surface area contributed by atoms with Crippen molar-refractivity contribution in [1.29, 1.82) is 0 Å². The van der Waals surface area contributed by atoms with E-state index < -0.39 is 17.2 Å². The molecule has 1 fully saturated rings. The number of carbonyl (C=O) groups excluding carboxylic acids is 1. The molecule has 1 aromatic rings. The van der Waals surface area contributed by atoms with Crippen LogP contribution in [0.1, 0.15) is 24.8 Å². The van der Waals surface area contributed by atoms with Gasteiger partial charge in [-0.3, -0.25) is 4.79 Å². The lowest BCUT2D eigenvalue weighted by Gasteiger charge is -2.36. The molecule has 0 heterocycles. The maximum Gasteiger partial charge on any atom is 0.157 e. The van der Waals surface area contributed by atoms with E-state index in [2.05, 4.69) is 0 Å². The third-order valence-electron chi connectivity index (χ3n) is 3.17. The lowest BCUT2D eigenvalue weighted by Crippen LogP contribution is -2.54. The third kappa shape index (κ3) is 1.97. The normalized spacial score (nSPS) is 17.9. The van der Waals surface area contributed by atoms with Gasteiger partial charge in [-0.25, -0.2) is 8.78 Å². The van der Waals surface area contributed by atoms with Gasteiger partial charge in [-0.05, 0) is 30.9 Å². The van der Waals surface area contributed by atoms with Crippen LogP contribution in [0.15, 0.2) is 18.2 Å². The number of hydrogen-bond acceptors (Lipinski definition) is 2. The van der Waals surface area contributed by atoms with E-state index in [1.54, 1.807) is 0 Å². The number of ketones is 1. The van der Waals surface area contributed by atoms with Crippen LogP contribution >= 0.6 is 0 Å². The van der Waals surface area contributed by atoms with Crippen molar-refractivity contribution in [2.24, 2.45) is 5.73 Å². The minimum atomic E-state index is -0.777. The molecule has 2 nitrogen and oxygen atoms in total. The zero-order chi connectivity index (χ0) is 11.8. The van der Waals surface area contributed by atoms with Crippen molar-refractivity contribution in [2.75, 3.05) is 0 Å². The minimum Gasteiger partial charge on any atom is -0.319 e. The molecular formula is C12H13F2NO. The quantitative estimate of drug-likeness (QED) is 0.854. The first kappa shape index (κ1) is 11.2. The Morgan fingerprint density at radius 2 is 2.06 bits per heavy atom. The van der Waals surface area contributed by atoms with Gasteiger partial charge in [0.2, 0.25) is 0 Å². The molecule has 0 amide bonds. The van der Waals surface area contributed by atoms with E-state index in [0.717, 1.165) is 18.6 Å². The highest BCUT2D eigenvalue weighted by Crippen LogP contribution is 2.31. The van der Waals surface area contributed by atoms with E-state index in [1.165, 1.54) is 6.07 Å². The summed E-state index contributed by atoms with van der Waals surface area (Å²) < 4.78 is 25.9. The second-order valence-electron chi connectivity index (χ2n) is 4.35. The zero-order valence-corrected chi connectivity index (χ0v) is 8.80. The topological polar surface area (TPSA) is 43.1 Å². The van der Waals surface area contributed by atoms with Crippen LogP contribution in [0.5, 0.6) is 0 Å². The number of halogens is 2. The molecule has 0 aliphatic heterocycles. The number of nitrogens with two attached hydrogens (primary N) is 1. The molecule has 0 bridgehead atoms. The molecule has 1 aliphatic rings. The molecule has 1 saturated carbocycles. The van der Waals surface area contributed by atoms with E-state index >= 15 is 0 Å². The Labute approximate surface area is 92.4 Å². The van der Waals surface area contributed by atoms with Gasteiger partial charge in [-0.15, -0.1) is 0 Å². The number of Topliss-reactive ketones (excluding diaryl/α,β-unsaturated/α-hetero) is 1. The minimum absolute atomic E-state index is 0.0530. The van der Waals surface area contributed by atoms with Crippen molar-refractivity contribution >= 4 is 5.78 Å². The number of carbonyl (C=O) groups is 1. The SMILES string of the molecule is NC1(C(=O)Cc2ccc(F)cc2F)CCC1. The zero-order valence-electron chi connectivity index (χ0n) is 8.80. The maximum atomic E-state index is 13.3. The average Bonchev–Trinajstić information content (AvgIpc) is 2.18. The van der Waals surface area contributed by atoms with Gasteiger partial charge in [-0.1, -0.05) is 6.07 Å². The van der Waals surface area contributed by atoms with Gasteiger partial charge in [0.15, 0.2) is 5.78 Å². The molecule has 0 saturated heterocycles. The highest BCUT2D eigenvalue weighted by molar-refractivity contribution is 5.90. The van der Waals surface area contributed by atoms with Crippen LogP contribution in [0.2, 0.25) is 0 Å². The van der Waals surface area contributed by atoms with E-state index in [9.17, 15) is 13.6 Å². The Balaban J connectivity index is 2.12. The molecule has 0 radical (unpaired) electrons. The van der Waals surface area contributed by atoms with E-state index in [4.69, 9.17) is 5.73 Å². The lowest BCUT2D eigenvalue weighted by atomic mass is 9.73. The number of hydrogen-bond donors (Lipinski definition) is 1. The summed E-state index contributed by atoms with van der Waals surface area (Å²) in [7, 11) is 0. The van der Waals surface area contributed by atoms with Crippen molar-refractivity contribution in [3.63, 3.8) is 0 Å². The molecule has 0 spiro atoms. The molecular weight excluding hydrogens is 212 g/mol. The van der Waals surface area contributed by atoms with Crippen LogP contribution in [0.25, 0.3) is 0 Å². The van der Waals surface area contributed by atoms with Gasteiger partial charge in [0.05, 0.1) is 5.54 Å². The van der Waals surface area contributed by atoms with Gasteiger partial charge < -0.3 is 5.73 Å². The standard InChI is InChI=1S/C12H13F2NO/c13-9-3-2-8(10(14)7-9)6-11(16)12(15)4-1-5-12/h2-3,7H,1,4-6,15H2. The second kappa shape index (κ2) is 3.94. The molecule has 4 heteroatoms. The van der Waals surface area contributed by atoms with Crippen LogP contribution in [0.3, 0.4) is 0 Å². The Morgan fingerprint density at radius 1 is 1.38 bits per heavy atom. The molecule has 16 heavy (non-hydrogen) atoms. The summed E-state index contributed by atoms with van der Waals surface area (Å²) in [6.07, 6.45) is 2.21. The molecule has 1 aliphatic carbocycles. The highest BCUT2D eigenvalue weighted by Gasteiger charge is 2.39. The van der Waals surface area contributed by atoms with Gasteiger partial charge in [0.25, 0.3) is 0 Å². The fourth-order valence-corrected chi connectivity index (χ4v) is 1.85. The molecule has 86 valence electrons. The van der Waals surface area contributed by atoms with E-state index in [-0.39, 0.29) is 17.8 Å². The van der Waals surface area contributed by atoms with E-state index in [1.807, 2.05) is 0 Å². The summed E-state index contributed by atoms with van der Waals surface area (Å²) in [6, 6.07) is 3.23. The number of rotatable bonds is 3. The van der Waals surface area contributed by atoms with Gasteiger partial charge in [0, 0.05) is 12.5 Å². The van der Waals surface area contributed by atoms with Crippen LogP contribution in [0.4, 0.5) is 8.78 Å². The summed E-state index contributed by atoms with van der Waals surface area (Å²) in [4.78, 5) is 11.8. The molecule has 2 rings (SSSR count). The fourth-order valence-electron chi connectivity index (χ4n) is 1.85. The van der Waals surface area contributed by atoms with Crippen LogP contribution < -0.4 is 5.73 Å². The smallest absolute Gasteiger partial charge is 0.157 e. The van der Waals surface area contributed by atoms with Gasteiger partial charge in [0.1, 0.15) is 11.6 Å².